The summed E-state index contributed by atoms with van der Waals surface area (Å²) in [6.45, 7) is 3.40. The molecule has 0 aliphatic carbocycles. The summed E-state index contributed by atoms with van der Waals surface area (Å²) < 4.78 is 25.0. The first kappa shape index (κ1) is 17.1. The van der Waals surface area contributed by atoms with Gasteiger partial charge in [-0.25, -0.2) is 12.7 Å². The van der Waals surface area contributed by atoms with Gasteiger partial charge in [-0.05, 0) is 43.3 Å². The van der Waals surface area contributed by atoms with Crippen LogP contribution in [0.15, 0.2) is 42.6 Å². The van der Waals surface area contributed by atoms with E-state index in [0.717, 1.165) is 10.00 Å². The first-order valence-electron chi connectivity index (χ1n) is 7.69. The minimum Gasteiger partial charge on any atom is -0.322 e. The first-order valence-corrected chi connectivity index (χ1v) is 9.30. The monoisotopic (exact) mass is 359 g/mol. The van der Waals surface area contributed by atoms with Crippen LogP contribution in [0.5, 0.6) is 0 Å². The minimum absolute atomic E-state index is 0.199. The lowest BCUT2D eigenvalue weighted by Crippen LogP contribution is -2.30. The Morgan fingerprint density at radius 3 is 2.48 bits per heavy atom. The zero-order chi connectivity index (χ0) is 18.2. The van der Waals surface area contributed by atoms with E-state index in [4.69, 9.17) is 0 Å². The van der Waals surface area contributed by atoms with Gasteiger partial charge in [0, 0.05) is 23.1 Å². The highest BCUT2D eigenvalue weighted by atomic mass is 32.2. The van der Waals surface area contributed by atoms with E-state index < -0.39 is 21.8 Å². The predicted octanol–water partition coefficient (Wildman–Crippen LogP) is 1.95. The third-order valence-corrected chi connectivity index (χ3v) is 5.75. The van der Waals surface area contributed by atoms with Crippen LogP contribution >= 0.6 is 0 Å². The van der Waals surface area contributed by atoms with Crippen molar-refractivity contribution in [2.24, 2.45) is 5.92 Å². The van der Waals surface area contributed by atoms with Crippen molar-refractivity contribution in [3.8, 4) is 0 Å². The SMILES string of the molecule is Cc1cc(NC(=O)c2ccc(N3C(=O)C(C)CS3(=O)=O)cc2)ccn1. The number of benzene rings is 1. The molecule has 3 rings (SSSR count). The predicted molar refractivity (Wildman–Crippen MR) is 93.8 cm³/mol. The van der Waals surface area contributed by atoms with E-state index in [1.807, 2.05) is 6.92 Å². The number of aryl methyl sites for hydroxylation is 1. The Kier molecular flexibility index (Phi) is 4.30. The number of rotatable bonds is 3. The zero-order valence-electron chi connectivity index (χ0n) is 13.8. The van der Waals surface area contributed by atoms with Crippen LogP contribution in [0, 0.1) is 12.8 Å². The van der Waals surface area contributed by atoms with Crippen LogP contribution in [0.4, 0.5) is 11.4 Å². The van der Waals surface area contributed by atoms with Crippen LogP contribution in [-0.4, -0.2) is 31.0 Å². The molecule has 0 spiro atoms. The van der Waals surface area contributed by atoms with E-state index in [-0.39, 0.29) is 17.3 Å². The van der Waals surface area contributed by atoms with Crippen molar-refractivity contribution in [2.45, 2.75) is 13.8 Å². The van der Waals surface area contributed by atoms with Crippen LogP contribution < -0.4 is 9.62 Å². The average molecular weight is 359 g/mol. The Morgan fingerprint density at radius 1 is 1.24 bits per heavy atom. The Hall–Kier alpha value is -2.74. The maximum atomic E-state index is 12.3. The third-order valence-electron chi connectivity index (χ3n) is 3.88. The number of anilines is 2. The van der Waals surface area contributed by atoms with E-state index in [2.05, 4.69) is 10.3 Å². The van der Waals surface area contributed by atoms with Gasteiger partial charge in [0.15, 0.2) is 0 Å². The maximum Gasteiger partial charge on any atom is 0.255 e. The molecule has 1 N–H and O–H groups in total. The largest absolute Gasteiger partial charge is 0.322 e. The van der Waals surface area contributed by atoms with Gasteiger partial charge in [0.2, 0.25) is 15.9 Å². The molecular weight excluding hydrogens is 342 g/mol. The molecular formula is C17H17N3O4S. The van der Waals surface area contributed by atoms with Crippen molar-refractivity contribution in [2.75, 3.05) is 15.4 Å². The summed E-state index contributed by atoms with van der Waals surface area (Å²) in [5.74, 6) is -1.55. The van der Waals surface area contributed by atoms with Gasteiger partial charge >= 0.3 is 0 Å². The van der Waals surface area contributed by atoms with E-state index in [1.54, 1.807) is 25.3 Å². The molecule has 0 saturated carbocycles. The quantitative estimate of drug-likeness (QED) is 0.903. The van der Waals surface area contributed by atoms with E-state index in [1.165, 1.54) is 24.3 Å². The van der Waals surface area contributed by atoms with E-state index in [0.29, 0.717) is 11.3 Å². The van der Waals surface area contributed by atoms with Crippen molar-refractivity contribution in [1.82, 2.24) is 4.98 Å². The van der Waals surface area contributed by atoms with Crippen LogP contribution in [0.2, 0.25) is 0 Å². The van der Waals surface area contributed by atoms with Crippen molar-refractivity contribution >= 4 is 33.2 Å². The number of aromatic nitrogens is 1. The van der Waals surface area contributed by atoms with Gasteiger partial charge in [0.05, 0.1) is 17.4 Å². The highest BCUT2D eigenvalue weighted by Crippen LogP contribution is 2.28. The van der Waals surface area contributed by atoms with Gasteiger partial charge in [-0.15, -0.1) is 0 Å². The van der Waals surface area contributed by atoms with Crippen LogP contribution in [-0.2, 0) is 14.8 Å². The second kappa shape index (κ2) is 6.29. The molecule has 1 aliphatic heterocycles. The fourth-order valence-corrected chi connectivity index (χ4v) is 4.48. The van der Waals surface area contributed by atoms with E-state index in [9.17, 15) is 18.0 Å². The molecule has 130 valence electrons. The van der Waals surface area contributed by atoms with Gasteiger partial charge in [0.1, 0.15) is 0 Å². The second-order valence-corrected chi connectivity index (χ2v) is 7.83. The van der Waals surface area contributed by atoms with Crippen LogP contribution in [0.25, 0.3) is 0 Å². The summed E-state index contributed by atoms with van der Waals surface area (Å²) in [5, 5.41) is 2.74. The normalized spacial score (nSPS) is 19.0. The Morgan fingerprint density at radius 2 is 1.92 bits per heavy atom. The van der Waals surface area contributed by atoms with Crippen molar-refractivity contribution in [3.63, 3.8) is 0 Å². The number of sulfonamides is 1. The lowest BCUT2D eigenvalue weighted by molar-refractivity contribution is -0.119. The molecule has 8 heteroatoms. The molecule has 1 fully saturated rings. The molecule has 2 heterocycles. The highest BCUT2D eigenvalue weighted by Gasteiger charge is 2.41. The molecule has 0 radical (unpaired) electrons. The topological polar surface area (TPSA) is 96.4 Å². The first-order chi connectivity index (χ1) is 11.8. The minimum atomic E-state index is -3.65. The number of amides is 2. The van der Waals surface area contributed by atoms with Gasteiger partial charge < -0.3 is 5.32 Å². The number of carbonyl (C=O) groups excluding carboxylic acids is 2. The number of pyridine rings is 1. The molecule has 1 saturated heterocycles. The second-order valence-electron chi connectivity index (χ2n) is 5.97. The smallest absolute Gasteiger partial charge is 0.255 e. The molecule has 25 heavy (non-hydrogen) atoms. The van der Waals surface area contributed by atoms with Crippen molar-refractivity contribution < 1.29 is 18.0 Å². The summed E-state index contributed by atoms with van der Waals surface area (Å²) >= 11 is 0. The molecule has 0 bridgehead atoms. The summed E-state index contributed by atoms with van der Waals surface area (Å²) in [6, 6.07) is 9.31. The molecule has 7 nitrogen and oxygen atoms in total. The molecule has 1 aromatic carbocycles. The Balaban J connectivity index is 1.81. The van der Waals surface area contributed by atoms with Crippen LogP contribution in [0.3, 0.4) is 0 Å². The van der Waals surface area contributed by atoms with Crippen molar-refractivity contribution in [3.05, 3.63) is 53.9 Å². The molecule has 2 aromatic rings. The molecule has 1 aromatic heterocycles. The van der Waals surface area contributed by atoms with Gasteiger partial charge in [-0.2, -0.15) is 0 Å². The Labute approximate surface area is 145 Å². The lowest BCUT2D eigenvalue weighted by Gasteiger charge is -2.15. The fraction of sp³-hybridized carbons (Fsp3) is 0.235. The number of nitrogens with zero attached hydrogens (tertiary/aromatic N) is 2. The van der Waals surface area contributed by atoms with Crippen LogP contribution in [0.1, 0.15) is 23.0 Å². The highest BCUT2D eigenvalue weighted by molar-refractivity contribution is 7.94. The standard InChI is InChI=1S/C17H17N3O4S/c1-11-10-25(23,24)20(17(11)22)15-5-3-13(4-6-15)16(21)19-14-7-8-18-12(2)9-14/h3-9,11H,10H2,1-2H3,(H,18,19,21). The third kappa shape index (κ3) is 3.39. The van der Waals surface area contributed by atoms with Gasteiger partial charge in [0.25, 0.3) is 5.91 Å². The lowest BCUT2D eigenvalue weighted by atomic mass is 10.1. The fourth-order valence-electron chi connectivity index (χ4n) is 2.66. The zero-order valence-corrected chi connectivity index (χ0v) is 14.6. The summed E-state index contributed by atoms with van der Waals surface area (Å²) in [6.07, 6.45) is 1.60. The average Bonchev–Trinajstić information content (AvgIpc) is 2.75. The number of carbonyl (C=O) groups is 2. The molecule has 1 aliphatic rings. The summed E-state index contributed by atoms with van der Waals surface area (Å²) in [7, 11) is -3.65. The summed E-state index contributed by atoms with van der Waals surface area (Å²) in [4.78, 5) is 28.4. The summed E-state index contributed by atoms with van der Waals surface area (Å²) in [5.41, 5.74) is 1.99. The number of nitrogens with one attached hydrogen (secondary N) is 1. The van der Waals surface area contributed by atoms with E-state index >= 15 is 0 Å². The maximum absolute atomic E-state index is 12.3. The molecule has 1 atom stereocenters. The molecule has 1 unspecified atom stereocenters. The number of hydrogen-bond acceptors (Lipinski definition) is 5. The van der Waals surface area contributed by atoms with Crippen molar-refractivity contribution in [1.29, 1.82) is 0 Å². The van der Waals surface area contributed by atoms with Gasteiger partial charge in [-0.1, -0.05) is 6.92 Å². The Bertz CT molecular complexity index is 939. The molecule has 2 amide bonds. The number of hydrogen-bond donors (Lipinski definition) is 1. The van der Waals surface area contributed by atoms with Gasteiger partial charge in [-0.3, -0.25) is 14.6 Å².